The molecule has 1 aromatic rings. The molecule has 0 saturated heterocycles. The predicted molar refractivity (Wildman–Crippen MR) is 74.5 cm³/mol. The normalized spacial score (nSPS) is 12.9. The molecule has 104 valence electrons. The summed E-state index contributed by atoms with van der Waals surface area (Å²) >= 11 is 5.82. The zero-order valence-electron chi connectivity index (χ0n) is 10.8. The molecule has 0 unspecified atom stereocenters. The minimum absolute atomic E-state index is 0.00416. The highest BCUT2D eigenvalue weighted by molar-refractivity contribution is 7.89. The van der Waals surface area contributed by atoms with Crippen molar-refractivity contribution in [3.8, 4) is 6.07 Å². The highest BCUT2D eigenvalue weighted by atomic mass is 35.5. The van der Waals surface area contributed by atoms with Crippen LogP contribution in [0, 0.1) is 11.3 Å². The Labute approximate surface area is 118 Å². The van der Waals surface area contributed by atoms with E-state index in [1.807, 2.05) is 19.9 Å². The lowest BCUT2D eigenvalue weighted by Crippen LogP contribution is -2.38. The quantitative estimate of drug-likeness (QED) is 0.834. The maximum absolute atomic E-state index is 12.1. The molecular formula is C12H16ClN3O2S. The summed E-state index contributed by atoms with van der Waals surface area (Å²) in [6, 6.07) is 6.18. The summed E-state index contributed by atoms with van der Waals surface area (Å²) in [5.74, 6) is 0. The molecule has 7 heteroatoms. The third-order valence-electron chi connectivity index (χ3n) is 2.51. The van der Waals surface area contributed by atoms with Crippen LogP contribution in [-0.2, 0) is 10.0 Å². The van der Waals surface area contributed by atoms with Gasteiger partial charge in [-0.3, -0.25) is 0 Å². The van der Waals surface area contributed by atoms with Crippen LogP contribution in [0.2, 0.25) is 5.02 Å². The largest absolute Gasteiger partial charge is 0.313 e. The summed E-state index contributed by atoms with van der Waals surface area (Å²) in [6.07, 6.45) is 0. The lowest BCUT2D eigenvalue weighted by molar-refractivity contribution is 0.536. The number of hydrogen-bond acceptors (Lipinski definition) is 4. The molecule has 0 aromatic heterocycles. The van der Waals surface area contributed by atoms with E-state index in [-0.39, 0.29) is 28.1 Å². The molecule has 1 atom stereocenters. The van der Waals surface area contributed by atoms with Gasteiger partial charge in [-0.1, -0.05) is 24.6 Å². The van der Waals surface area contributed by atoms with Gasteiger partial charge in [-0.2, -0.15) is 5.26 Å². The van der Waals surface area contributed by atoms with E-state index in [0.717, 1.165) is 6.54 Å². The van der Waals surface area contributed by atoms with E-state index in [1.165, 1.54) is 18.2 Å². The second-order valence-electron chi connectivity index (χ2n) is 4.04. The van der Waals surface area contributed by atoms with Gasteiger partial charge in [-0.15, -0.1) is 0 Å². The highest BCUT2D eigenvalue weighted by Crippen LogP contribution is 2.22. The van der Waals surface area contributed by atoms with Crippen molar-refractivity contribution in [2.45, 2.75) is 24.8 Å². The number of nitrogens with zero attached hydrogens (tertiary/aromatic N) is 1. The van der Waals surface area contributed by atoms with Crippen LogP contribution in [0.15, 0.2) is 23.1 Å². The highest BCUT2D eigenvalue weighted by Gasteiger charge is 2.20. The van der Waals surface area contributed by atoms with Gasteiger partial charge in [0.2, 0.25) is 10.0 Å². The number of nitriles is 1. The molecule has 1 aromatic carbocycles. The standard InChI is InChI=1S/C12H16ClN3O2S/c1-3-15-9(2)8-16-19(17,18)12-6-4-5-11(13)10(12)7-14/h4-6,9,15-16H,3,8H2,1-2H3/t9-/m1/s1. The zero-order chi connectivity index (χ0) is 14.5. The topological polar surface area (TPSA) is 82.0 Å². The lowest BCUT2D eigenvalue weighted by atomic mass is 10.2. The number of halogens is 1. The Hall–Kier alpha value is -1.13. The maximum atomic E-state index is 12.1. The summed E-state index contributed by atoms with van der Waals surface area (Å²) in [5, 5.41) is 12.2. The monoisotopic (exact) mass is 301 g/mol. The van der Waals surface area contributed by atoms with Crippen molar-refractivity contribution in [2.24, 2.45) is 0 Å². The van der Waals surface area contributed by atoms with E-state index in [0.29, 0.717) is 0 Å². The zero-order valence-corrected chi connectivity index (χ0v) is 12.3. The fourth-order valence-corrected chi connectivity index (χ4v) is 3.15. The van der Waals surface area contributed by atoms with Crippen LogP contribution in [-0.4, -0.2) is 27.5 Å². The molecule has 2 N–H and O–H groups in total. The van der Waals surface area contributed by atoms with Gasteiger partial charge in [0.1, 0.15) is 11.0 Å². The SMILES string of the molecule is CCN[C@H](C)CNS(=O)(=O)c1cccc(Cl)c1C#N. The second kappa shape index (κ2) is 6.87. The van der Waals surface area contributed by atoms with Crippen molar-refractivity contribution in [3.63, 3.8) is 0 Å². The van der Waals surface area contributed by atoms with Crippen LogP contribution >= 0.6 is 11.6 Å². The Kier molecular flexibility index (Phi) is 5.76. The smallest absolute Gasteiger partial charge is 0.241 e. The summed E-state index contributed by atoms with van der Waals surface area (Å²) < 4.78 is 26.7. The Morgan fingerprint density at radius 1 is 1.47 bits per heavy atom. The van der Waals surface area contributed by atoms with Crippen LogP contribution in [0.25, 0.3) is 0 Å². The van der Waals surface area contributed by atoms with Crippen LogP contribution in [0.3, 0.4) is 0 Å². The van der Waals surface area contributed by atoms with Crippen molar-refractivity contribution in [3.05, 3.63) is 28.8 Å². The van der Waals surface area contributed by atoms with Crippen LogP contribution in [0.5, 0.6) is 0 Å². The number of likely N-dealkylation sites (N-methyl/N-ethyl adjacent to an activating group) is 1. The third-order valence-corrected chi connectivity index (χ3v) is 4.29. The summed E-state index contributed by atoms with van der Waals surface area (Å²) in [6.45, 7) is 4.81. The predicted octanol–water partition coefficient (Wildman–Crippen LogP) is 1.49. The number of nitrogens with one attached hydrogen (secondary N) is 2. The number of rotatable bonds is 6. The molecule has 0 radical (unpaired) electrons. The summed E-state index contributed by atoms with van der Waals surface area (Å²) in [7, 11) is -3.74. The average Bonchev–Trinajstić information content (AvgIpc) is 2.36. The van der Waals surface area contributed by atoms with Crippen molar-refractivity contribution in [1.29, 1.82) is 5.26 Å². The Balaban J connectivity index is 2.96. The van der Waals surface area contributed by atoms with Crippen LogP contribution in [0.1, 0.15) is 19.4 Å². The minimum atomic E-state index is -3.74. The molecule has 0 fully saturated rings. The van der Waals surface area contributed by atoms with E-state index < -0.39 is 10.0 Å². The first-order valence-electron chi connectivity index (χ1n) is 5.84. The molecule has 0 aliphatic heterocycles. The van der Waals surface area contributed by atoms with E-state index in [9.17, 15) is 8.42 Å². The van der Waals surface area contributed by atoms with E-state index in [2.05, 4.69) is 10.0 Å². The molecular weight excluding hydrogens is 286 g/mol. The molecule has 0 saturated carbocycles. The van der Waals surface area contributed by atoms with Gasteiger partial charge in [0.15, 0.2) is 0 Å². The van der Waals surface area contributed by atoms with Gasteiger partial charge in [0.05, 0.1) is 10.6 Å². The molecule has 0 aliphatic rings. The Morgan fingerprint density at radius 2 is 2.16 bits per heavy atom. The molecule has 1 rings (SSSR count). The van der Waals surface area contributed by atoms with Crippen molar-refractivity contribution < 1.29 is 8.42 Å². The van der Waals surface area contributed by atoms with Gasteiger partial charge in [-0.05, 0) is 25.6 Å². The Morgan fingerprint density at radius 3 is 2.74 bits per heavy atom. The summed E-state index contributed by atoms with van der Waals surface area (Å²) in [4.78, 5) is -0.0915. The maximum Gasteiger partial charge on any atom is 0.241 e. The molecule has 0 heterocycles. The number of hydrogen-bond donors (Lipinski definition) is 2. The van der Waals surface area contributed by atoms with Gasteiger partial charge in [-0.25, -0.2) is 13.1 Å². The van der Waals surface area contributed by atoms with Gasteiger partial charge < -0.3 is 5.32 Å². The third kappa shape index (κ3) is 4.18. The van der Waals surface area contributed by atoms with Gasteiger partial charge >= 0.3 is 0 Å². The number of benzene rings is 1. The fourth-order valence-electron chi connectivity index (χ4n) is 1.57. The van der Waals surface area contributed by atoms with E-state index in [1.54, 1.807) is 0 Å². The van der Waals surface area contributed by atoms with Gasteiger partial charge in [0, 0.05) is 12.6 Å². The molecule has 5 nitrogen and oxygen atoms in total. The Bertz CT molecular complexity index is 581. The average molecular weight is 302 g/mol. The molecule has 0 amide bonds. The first-order chi connectivity index (χ1) is 8.92. The van der Waals surface area contributed by atoms with Gasteiger partial charge in [0.25, 0.3) is 0 Å². The minimum Gasteiger partial charge on any atom is -0.313 e. The fraction of sp³-hybridized carbons (Fsp3) is 0.417. The first-order valence-corrected chi connectivity index (χ1v) is 7.70. The molecule has 0 aliphatic carbocycles. The lowest BCUT2D eigenvalue weighted by Gasteiger charge is -2.14. The van der Waals surface area contributed by atoms with Crippen LogP contribution < -0.4 is 10.0 Å². The summed E-state index contributed by atoms with van der Waals surface area (Å²) in [5.41, 5.74) is -0.0345. The van der Waals surface area contributed by atoms with Crippen molar-refractivity contribution >= 4 is 21.6 Å². The van der Waals surface area contributed by atoms with Crippen LogP contribution in [0.4, 0.5) is 0 Å². The number of sulfonamides is 1. The molecule has 0 spiro atoms. The molecule has 19 heavy (non-hydrogen) atoms. The van der Waals surface area contributed by atoms with E-state index in [4.69, 9.17) is 16.9 Å². The first kappa shape index (κ1) is 15.9. The second-order valence-corrected chi connectivity index (χ2v) is 6.18. The molecule has 0 bridgehead atoms. The van der Waals surface area contributed by atoms with E-state index >= 15 is 0 Å². The van der Waals surface area contributed by atoms with Crippen molar-refractivity contribution in [2.75, 3.05) is 13.1 Å². The van der Waals surface area contributed by atoms with Crippen molar-refractivity contribution in [1.82, 2.24) is 10.0 Å².